The van der Waals surface area contributed by atoms with Gasteiger partial charge in [-0.1, -0.05) is 19.1 Å². The van der Waals surface area contributed by atoms with E-state index >= 15 is 0 Å². The first kappa shape index (κ1) is 16.3. The van der Waals surface area contributed by atoms with Crippen molar-refractivity contribution < 1.29 is 19.4 Å². The molecule has 0 aromatic heterocycles. The van der Waals surface area contributed by atoms with Gasteiger partial charge in [0.1, 0.15) is 11.8 Å². The summed E-state index contributed by atoms with van der Waals surface area (Å²) in [7, 11) is 0. The predicted octanol–water partition coefficient (Wildman–Crippen LogP) is 1.25. The van der Waals surface area contributed by atoms with Gasteiger partial charge in [0.2, 0.25) is 5.91 Å². The van der Waals surface area contributed by atoms with E-state index in [1.807, 2.05) is 36.1 Å². The number of aliphatic carboxylic acids is 1. The molecular formula is C16H22N2O4. The van der Waals surface area contributed by atoms with Gasteiger partial charge in [-0.25, -0.2) is 0 Å². The second-order valence-corrected chi connectivity index (χ2v) is 5.37. The molecule has 6 nitrogen and oxygen atoms in total. The van der Waals surface area contributed by atoms with E-state index in [1.54, 1.807) is 0 Å². The molecule has 2 rings (SSSR count). The Labute approximate surface area is 130 Å². The van der Waals surface area contributed by atoms with Crippen LogP contribution in [0.1, 0.15) is 25.3 Å². The molecule has 1 fully saturated rings. The van der Waals surface area contributed by atoms with Gasteiger partial charge in [0.05, 0.1) is 13.0 Å². The lowest BCUT2D eigenvalue weighted by Crippen LogP contribution is -2.55. The number of ether oxygens (including phenoxy) is 1. The molecule has 0 bridgehead atoms. The standard InChI is InChI=1S/C16H22N2O4/c1-2-8-22-13-5-3-4-12(9-13)11-18-7-6-17-16(21)14(18)10-15(19)20/h3-5,9,14H,2,6-8,10-11H2,1H3,(H,17,21)(H,19,20). The van der Waals surface area contributed by atoms with E-state index in [4.69, 9.17) is 9.84 Å². The quantitative estimate of drug-likeness (QED) is 0.792. The lowest BCUT2D eigenvalue weighted by molar-refractivity contribution is -0.143. The van der Waals surface area contributed by atoms with Crippen molar-refractivity contribution in [1.82, 2.24) is 10.2 Å². The van der Waals surface area contributed by atoms with Crippen LogP contribution in [0, 0.1) is 0 Å². The van der Waals surface area contributed by atoms with Crippen LogP contribution in [0.4, 0.5) is 0 Å². The van der Waals surface area contributed by atoms with Crippen LogP contribution >= 0.6 is 0 Å². The SMILES string of the molecule is CCCOc1cccc(CN2CCNC(=O)C2CC(=O)O)c1. The Bertz CT molecular complexity index is 533. The summed E-state index contributed by atoms with van der Waals surface area (Å²) in [6.45, 7) is 4.43. The topological polar surface area (TPSA) is 78.9 Å². The molecule has 1 saturated heterocycles. The van der Waals surface area contributed by atoms with Crippen molar-refractivity contribution in [2.75, 3.05) is 19.7 Å². The monoisotopic (exact) mass is 306 g/mol. The molecule has 1 amide bonds. The number of nitrogens with zero attached hydrogens (tertiary/aromatic N) is 1. The first-order chi connectivity index (χ1) is 10.6. The maximum absolute atomic E-state index is 11.9. The third-order valence-electron chi connectivity index (χ3n) is 3.57. The number of amides is 1. The zero-order valence-electron chi connectivity index (χ0n) is 12.7. The van der Waals surface area contributed by atoms with Crippen LogP contribution in [-0.4, -0.2) is 47.6 Å². The molecule has 0 spiro atoms. The highest BCUT2D eigenvalue weighted by Crippen LogP contribution is 2.18. The van der Waals surface area contributed by atoms with E-state index in [9.17, 15) is 9.59 Å². The summed E-state index contributed by atoms with van der Waals surface area (Å²) in [5, 5.41) is 11.7. The molecule has 1 aliphatic rings. The number of rotatable bonds is 7. The summed E-state index contributed by atoms with van der Waals surface area (Å²) >= 11 is 0. The van der Waals surface area contributed by atoms with Crippen molar-refractivity contribution in [3.8, 4) is 5.75 Å². The van der Waals surface area contributed by atoms with Gasteiger partial charge in [-0.2, -0.15) is 0 Å². The largest absolute Gasteiger partial charge is 0.494 e. The Morgan fingerprint density at radius 3 is 3.05 bits per heavy atom. The van der Waals surface area contributed by atoms with Gasteiger partial charge >= 0.3 is 5.97 Å². The number of carboxylic acids is 1. The molecule has 0 saturated carbocycles. The minimum absolute atomic E-state index is 0.183. The second kappa shape index (κ2) is 7.79. The molecule has 22 heavy (non-hydrogen) atoms. The lowest BCUT2D eigenvalue weighted by Gasteiger charge is -2.34. The Hall–Kier alpha value is -2.08. The molecule has 1 aliphatic heterocycles. The highest BCUT2D eigenvalue weighted by molar-refractivity contribution is 5.86. The van der Waals surface area contributed by atoms with Gasteiger partial charge in [-0.15, -0.1) is 0 Å². The van der Waals surface area contributed by atoms with E-state index in [0.29, 0.717) is 26.2 Å². The van der Waals surface area contributed by atoms with E-state index in [-0.39, 0.29) is 12.3 Å². The third kappa shape index (κ3) is 4.46. The molecule has 1 atom stereocenters. The Balaban J connectivity index is 2.06. The van der Waals surface area contributed by atoms with Crippen LogP contribution in [0.5, 0.6) is 5.75 Å². The van der Waals surface area contributed by atoms with E-state index in [2.05, 4.69) is 5.32 Å². The van der Waals surface area contributed by atoms with Gasteiger partial charge in [-0.05, 0) is 24.1 Å². The summed E-state index contributed by atoms with van der Waals surface area (Å²) in [6, 6.07) is 7.10. The maximum Gasteiger partial charge on any atom is 0.305 e. The van der Waals surface area contributed by atoms with Crippen molar-refractivity contribution in [2.45, 2.75) is 32.4 Å². The van der Waals surface area contributed by atoms with Crippen molar-refractivity contribution >= 4 is 11.9 Å². The minimum Gasteiger partial charge on any atom is -0.494 e. The molecule has 1 heterocycles. The molecule has 0 radical (unpaired) electrons. The Morgan fingerprint density at radius 2 is 2.32 bits per heavy atom. The van der Waals surface area contributed by atoms with Gasteiger partial charge < -0.3 is 15.2 Å². The molecule has 1 aromatic rings. The molecule has 120 valence electrons. The number of hydrogen-bond donors (Lipinski definition) is 2. The summed E-state index contributed by atoms with van der Waals surface area (Å²) in [5.41, 5.74) is 1.01. The number of carbonyl (C=O) groups excluding carboxylic acids is 1. The summed E-state index contributed by atoms with van der Waals surface area (Å²) in [6.07, 6.45) is 0.759. The van der Waals surface area contributed by atoms with Crippen molar-refractivity contribution in [3.05, 3.63) is 29.8 Å². The van der Waals surface area contributed by atoms with E-state index in [0.717, 1.165) is 17.7 Å². The highest BCUT2D eigenvalue weighted by Gasteiger charge is 2.31. The van der Waals surface area contributed by atoms with Crippen molar-refractivity contribution in [1.29, 1.82) is 0 Å². The Morgan fingerprint density at radius 1 is 1.50 bits per heavy atom. The number of carboxylic acid groups (broad SMARTS) is 1. The lowest BCUT2D eigenvalue weighted by atomic mass is 10.1. The highest BCUT2D eigenvalue weighted by atomic mass is 16.5. The van der Waals surface area contributed by atoms with Crippen molar-refractivity contribution in [3.63, 3.8) is 0 Å². The molecule has 1 unspecified atom stereocenters. The smallest absolute Gasteiger partial charge is 0.305 e. The number of piperazine rings is 1. The van der Waals surface area contributed by atoms with E-state index in [1.165, 1.54) is 0 Å². The fraction of sp³-hybridized carbons (Fsp3) is 0.500. The molecule has 6 heteroatoms. The average molecular weight is 306 g/mol. The van der Waals surface area contributed by atoms with E-state index < -0.39 is 12.0 Å². The average Bonchev–Trinajstić information content (AvgIpc) is 2.49. The van der Waals surface area contributed by atoms with Crippen LogP contribution in [0.3, 0.4) is 0 Å². The van der Waals surface area contributed by atoms with Crippen LogP contribution in [-0.2, 0) is 16.1 Å². The minimum atomic E-state index is -0.966. The fourth-order valence-electron chi connectivity index (χ4n) is 2.53. The van der Waals surface area contributed by atoms with Crippen LogP contribution in [0.2, 0.25) is 0 Å². The first-order valence-corrected chi connectivity index (χ1v) is 7.55. The normalized spacial score (nSPS) is 18.8. The summed E-state index contributed by atoms with van der Waals surface area (Å²) in [5.74, 6) is -0.380. The number of nitrogens with one attached hydrogen (secondary N) is 1. The predicted molar refractivity (Wildman–Crippen MR) is 81.7 cm³/mol. The van der Waals surface area contributed by atoms with Crippen molar-refractivity contribution in [2.24, 2.45) is 0 Å². The molecule has 1 aromatic carbocycles. The van der Waals surface area contributed by atoms with Crippen LogP contribution in [0.25, 0.3) is 0 Å². The molecule has 2 N–H and O–H groups in total. The summed E-state index contributed by atoms with van der Waals surface area (Å²) in [4.78, 5) is 24.8. The van der Waals surface area contributed by atoms with Crippen LogP contribution < -0.4 is 10.1 Å². The van der Waals surface area contributed by atoms with Crippen LogP contribution in [0.15, 0.2) is 24.3 Å². The maximum atomic E-state index is 11.9. The fourth-order valence-corrected chi connectivity index (χ4v) is 2.53. The number of carbonyl (C=O) groups is 2. The Kier molecular flexibility index (Phi) is 5.77. The molecular weight excluding hydrogens is 284 g/mol. The number of benzene rings is 1. The summed E-state index contributed by atoms with van der Waals surface area (Å²) < 4.78 is 5.61. The second-order valence-electron chi connectivity index (χ2n) is 5.37. The zero-order valence-corrected chi connectivity index (χ0v) is 12.7. The molecule has 0 aliphatic carbocycles. The van der Waals surface area contributed by atoms with Gasteiger partial charge in [0, 0.05) is 19.6 Å². The zero-order chi connectivity index (χ0) is 15.9. The first-order valence-electron chi connectivity index (χ1n) is 7.55. The van der Waals surface area contributed by atoms with Gasteiger partial charge in [0.15, 0.2) is 0 Å². The third-order valence-corrected chi connectivity index (χ3v) is 3.57. The van der Waals surface area contributed by atoms with Gasteiger partial charge in [-0.3, -0.25) is 14.5 Å². The number of hydrogen-bond acceptors (Lipinski definition) is 4. The van der Waals surface area contributed by atoms with Gasteiger partial charge in [0.25, 0.3) is 0 Å².